The minimum Gasteiger partial charge on any atom is -0.497 e. The van der Waals surface area contributed by atoms with Crippen LogP contribution in [-0.4, -0.2) is 33.4 Å². The summed E-state index contributed by atoms with van der Waals surface area (Å²) in [6.07, 6.45) is 1.42. The molecule has 0 radical (unpaired) electrons. The molecule has 30 heavy (non-hydrogen) atoms. The molecule has 1 heterocycles. The Morgan fingerprint density at radius 2 is 1.97 bits per heavy atom. The molecule has 0 fully saturated rings. The highest BCUT2D eigenvalue weighted by atomic mass is 79.9. The fourth-order valence-electron chi connectivity index (χ4n) is 2.79. The maximum atomic E-state index is 12.5. The van der Waals surface area contributed by atoms with Gasteiger partial charge in [-0.2, -0.15) is 0 Å². The number of carbonyl (C=O) groups is 1. The Kier molecular flexibility index (Phi) is 7.70. The van der Waals surface area contributed by atoms with Gasteiger partial charge in [-0.25, -0.2) is 0 Å². The zero-order valence-corrected chi connectivity index (χ0v) is 19.1. The first-order valence-corrected chi connectivity index (χ1v) is 11.1. The summed E-state index contributed by atoms with van der Waals surface area (Å²) >= 11 is 4.73. The molecule has 0 N–H and O–H groups in total. The highest BCUT2D eigenvalue weighted by molar-refractivity contribution is 9.10. The lowest BCUT2D eigenvalue weighted by Crippen LogP contribution is -2.12. The van der Waals surface area contributed by atoms with Gasteiger partial charge in [0.15, 0.2) is 22.9 Å². The molecule has 0 aliphatic carbocycles. The van der Waals surface area contributed by atoms with E-state index in [1.54, 1.807) is 25.3 Å². The number of rotatable bonds is 10. The van der Waals surface area contributed by atoms with Crippen molar-refractivity contribution in [3.8, 4) is 11.5 Å². The smallest absolute Gasteiger partial charge is 0.192 e. The van der Waals surface area contributed by atoms with Gasteiger partial charge in [-0.1, -0.05) is 52.0 Å². The van der Waals surface area contributed by atoms with Crippen LogP contribution in [-0.2, 0) is 6.54 Å². The number of Topliss-reactive ketones (excluding diaryl/α,β-unsaturated/α-hetero) is 1. The van der Waals surface area contributed by atoms with Crippen molar-refractivity contribution in [1.29, 1.82) is 0 Å². The molecule has 0 spiro atoms. The predicted octanol–water partition coefficient (Wildman–Crippen LogP) is 5.35. The predicted molar refractivity (Wildman–Crippen MR) is 121 cm³/mol. The van der Waals surface area contributed by atoms with Crippen LogP contribution in [0, 0.1) is 0 Å². The second-order valence-corrected chi connectivity index (χ2v) is 8.26. The van der Waals surface area contributed by atoms with E-state index in [4.69, 9.17) is 9.47 Å². The molecule has 0 aliphatic rings. The molecule has 1 atom stereocenters. The van der Waals surface area contributed by atoms with E-state index < -0.39 is 0 Å². The van der Waals surface area contributed by atoms with E-state index in [1.165, 1.54) is 11.8 Å². The van der Waals surface area contributed by atoms with Gasteiger partial charge < -0.3 is 9.47 Å². The molecule has 0 saturated heterocycles. The van der Waals surface area contributed by atoms with Crippen molar-refractivity contribution in [3.05, 3.63) is 77.0 Å². The first-order chi connectivity index (χ1) is 14.5. The highest BCUT2D eigenvalue weighted by Crippen LogP contribution is 2.27. The number of allylic oxidation sites excluding steroid dienone is 1. The Balaban J connectivity index is 1.72. The second-order valence-electron chi connectivity index (χ2n) is 6.40. The Morgan fingerprint density at radius 3 is 2.67 bits per heavy atom. The van der Waals surface area contributed by atoms with Crippen LogP contribution < -0.4 is 9.47 Å². The summed E-state index contributed by atoms with van der Waals surface area (Å²) < 4.78 is 14.1. The standard InChI is InChI=1S/C22H22BrN3O3S/c1-4-12-26-21(15(2)29-19-7-5-6-18(13-19)28-3)24-25-22(26)30-14-20(27)16-8-10-17(23)11-9-16/h4-11,13,15H,1,12,14H2,2-3H3. The Hall–Kier alpha value is -2.58. The Bertz CT molecular complexity index is 1020. The molecule has 0 saturated carbocycles. The van der Waals surface area contributed by atoms with Crippen molar-refractivity contribution < 1.29 is 14.3 Å². The molecule has 0 amide bonds. The zero-order valence-electron chi connectivity index (χ0n) is 16.7. The lowest BCUT2D eigenvalue weighted by molar-refractivity contribution is 0.102. The quantitative estimate of drug-likeness (QED) is 0.218. The van der Waals surface area contributed by atoms with Crippen molar-refractivity contribution in [2.75, 3.05) is 12.9 Å². The van der Waals surface area contributed by atoms with Crippen LogP contribution in [0.25, 0.3) is 0 Å². The van der Waals surface area contributed by atoms with Gasteiger partial charge in [-0.3, -0.25) is 9.36 Å². The van der Waals surface area contributed by atoms with Crippen LogP contribution in [0.3, 0.4) is 0 Å². The molecular weight excluding hydrogens is 466 g/mol. The third-order valence-electron chi connectivity index (χ3n) is 4.27. The van der Waals surface area contributed by atoms with Gasteiger partial charge in [0.2, 0.25) is 0 Å². The Labute approximate surface area is 188 Å². The van der Waals surface area contributed by atoms with Crippen molar-refractivity contribution in [1.82, 2.24) is 14.8 Å². The maximum Gasteiger partial charge on any atom is 0.192 e. The minimum atomic E-state index is -0.346. The highest BCUT2D eigenvalue weighted by Gasteiger charge is 2.20. The first-order valence-electron chi connectivity index (χ1n) is 9.28. The van der Waals surface area contributed by atoms with Gasteiger partial charge in [0.1, 0.15) is 11.5 Å². The van der Waals surface area contributed by atoms with E-state index in [1.807, 2.05) is 47.9 Å². The van der Waals surface area contributed by atoms with Gasteiger partial charge in [0, 0.05) is 22.6 Å². The molecule has 3 rings (SSSR count). The molecule has 3 aromatic rings. The number of aromatic nitrogens is 3. The molecule has 156 valence electrons. The van der Waals surface area contributed by atoms with E-state index in [0.29, 0.717) is 28.8 Å². The van der Waals surface area contributed by atoms with E-state index in [-0.39, 0.29) is 17.6 Å². The third-order valence-corrected chi connectivity index (χ3v) is 5.77. The molecule has 2 aromatic carbocycles. The topological polar surface area (TPSA) is 66.2 Å². The van der Waals surface area contributed by atoms with Crippen LogP contribution in [0.2, 0.25) is 0 Å². The number of ether oxygens (including phenoxy) is 2. The second kappa shape index (κ2) is 10.4. The van der Waals surface area contributed by atoms with Crippen LogP contribution in [0.1, 0.15) is 29.2 Å². The minimum absolute atomic E-state index is 0.0304. The summed E-state index contributed by atoms with van der Waals surface area (Å²) in [6.45, 7) is 6.24. The average molecular weight is 488 g/mol. The van der Waals surface area contributed by atoms with Crippen molar-refractivity contribution in [3.63, 3.8) is 0 Å². The fraction of sp³-hybridized carbons (Fsp3) is 0.227. The number of ketones is 1. The number of benzene rings is 2. The first kappa shape index (κ1) is 22.1. The van der Waals surface area contributed by atoms with Gasteiger partial charge in [-0.05, 0) is 31.2 Å². The van der Waals surface area contributed by atoms with Crippen LogP contribution in [0.15, 0.2) is 70.8 Å². The van der Waals surface area contributed by atoms with E-state index in [0.717, 1.165) is 10.2 Å². The lowest BCUT2D eigenvalue weighted by Gasteiger charge is -2.16. The molecule has 1 unspecified atom stereocenters. The van der Waals surface area contributed by atoms with E-state index in [9.17, 15) is 4.79 Å². The third kappa shape index (κ3) is 5.52. The summed E-state index contributed by atoms with van der Waals surface area (Å²) in [5.74, 6) is 2.35. The SMILES string of the molecule is C=CCn1c(SCC(=O)c2ccc(Br)cc2)nnc1C(C)Oc1cccc(OC)c1. The van der Waals surface area contributed by atoms with Gasteiger partial charge in [-0.15, -0.1) is 16.8 Å². The van der Waals surface area contributed by atoms with Crippen molar-refractivity contribution in [2.24, 2.45) is 0 Å². The number of hydrogen-bond donors (Lipinski definition) is 0. The number of methoxy groups -OCH3 is 1. The number of nitrogens with zero attached hydrogens (tertiary/aromatic N) is 3. The fourth-order valence-corrected chi connectivity index (χ4v) is 3.90. The Morgan fingerprint density at radius 1 is 1.23 bits per heavy atom. The molecular formula is C22H22BrN3O3S. The summed E-state index contributed by atoms with van der Waals surface area (Å²) in [7, 11) is 1.61. The molecule has 8 heteroatoms. The average Bonchev–Trinajstić information content (AvgIpc) is 3.15. The zero-order chi connectivity index (χ0) is 21.5. The van der Waals surface area contributed by atoms with Crippen LogP contribution in [0.5, 0.6) is 11.5 Å². The van der Waals surface area contributed by atoms with Crippen LogP contribution in [0.4, 0.5) is 0 Å². The summed E-state index contributed by atoms with van der Waals surface area (Å²) in [6, 6.07) is 14.7. The monoisotopic (exact) mass is 487 g/mol. The number of thioether (sulfide) groups is 1. The summed E-state index contributed by atoms with van der Waals surface area (Å²) in [4.78, 5) is 12.5. The summed E-state index contributed by atoms with van der Waals surface area (Å²) in [5, 5.41) is 9.23. The molecule has 0 aliphatic heterocycles. The van der Waals surface area contributed by atoms with Crippen molar-refractivity contribution >= 4 is 33.5 Å². The number of halogens is 1. The van der Waals surface area contributed by atoms with Crippen LogP contribution >= 0.6 is 27.7 Å². The molecule has 0 bridgehead atoms. The lowest BCUT2D eigenvalue weighted by atomic mass is 10.2. The van der Waals surface area contributed by atoms with Gasteiger partial charge in [0.05, 0.1) is 12.9 Å². The van der Waals surface area contributed by atoms with E-state index in [2.05, 4.69) is 32.7 Å². The molecule has 6 nitrogen and oxygen atoms in total. The van der Waals surface area contributed by atoms with E-state index >= 15 is 0 Å². The maximum absolute atomic E-state index is 12.5. The molecule has 1 aromatic heterocycles. The number of carbonyl (C=O) groups excluding carboxylic acids is 1. The number of hydrogen-bond acceptors (Lipinski definition) is 6. The van der Waals surface area contributed by atoms with Gasteiger partial charge in [0.25, 0.3) is 0 Å². The van der Waals surface area contributed by atoms with Gasteiger partial charge >= 0.3 is 0 Å². The summed E-state index contributed by atoms with van der Waals surface area (Å²) in [5.41, 5.74) is 0.662. The largest absolute Gasteiger partial charge is 0.497 e. The van der Waals surface area contributed by atoms with Crippen molar-refractivity contribution in [2.45, 2.75) is 24.7 Å². The normalized spacial score (nSPS) is 11.7.